The summed E-state index contributed by atoms with van der Waals surface area (Å²) in [4.78, 5) is 23.1. The number of carbonyl (C=O) groups is 1. The number of hydrogen-bond acceptors (Lipinski definition) is 3. The van der Waals surface area contributed by atoms with Crippen LogP contribution in [0.3, 0.4) is 0 Å². The Morgan fingerprint density at radius 3 is 2.83 bits per heavy atom. The van der Waals surface area contributed by atoms with Crippen molar-refractivity contribution in [3.05, 3.63) is 52.1 Å². The molecule has 0 aliphatic heterocycles. The minimum atomic E-state index is -0.575. The smallest absolute Gasteiger partial charge is 0.347 e. The van der Waals surface area contributed by atoms with Gasteiger partial charge in [-0.1, -0.05) is 6.07 Å². The van der Waals surface area contributed by atoms with Crippen LogP contribution in [0, 0.1) is 6.92 Å². The molecule has 90 valence electrons. The quantitative estimate of drug-likeness (QED) is 0.615. The Labute approximate surface area is 102 Å². The maximum atomic E-state index is 11.7. The normalized spacial score (nSPS) is 11.2. The average Bonchev–Trinajstić information content (AvgIpc) is 2.62. The lowest BCUT2D eigenvalue weighted by Gasteiger charge is -1.94. The summed E-state index contributed by atoms with van der Waals surface area (Å²) in [5, 5.41) is 0.790. The first-order valence-corrected chi connectivity index (χ1v) is 5.64. The fourth-order valence-corrected chi connectivity index (χ4v) is 2.24. The number of rotatable bonds is 1. The van der Waals surface area contributed by atoms with Crippen molar-refractivity contribution in [3.63, 3.8) is 0 Å². The maximum Gasteiger partial charge on any atom is 0.347 e. The second-order valence-electron chi connectivity index (χ2n) is 4.29. The Morgan fingerprint density at radius 2 is 2.11 bits per heavy atom. The summed E-state index contributed by atoms with van der Waals surface area (Å²) < 4.78 is 7.21. The first-order chi connectivity index (χ1) is 8.59. The Balaban J connectivity index is 2.58. The summed E-state index contributed by atoms with van der Waals surface area (Å²) in [6.07, 6.45) is 1.90. The van der Waals surface area contributed by atoms with Crippen LogP contribution >= 0.6 is 0 Å². The van der Waals surface area contributed by atoms with Gasteiger partial charge < -0.3 is 8.82 Å². The zero-order valence-electron chi connectivity index (χ0n) is 10.1. The molecule has 4 nitrogen and oxygen atoms in total. The van der Waals surface area contributed by atoms with Crippen LogP contribution in [0.5, 0.6) is 0 Å². The molecule has 0 saturated heterocycles. The molecule has 0 amide bonds. The van der Waals surface area contributed by atoms with Gasteiger partial charge >= 0.3 is 5.63 Å². The van der Waals surface area contributed by atoms with Crippen LogP contribution in [0.25, 0.3) is 16.5 Å². The number of aromatic nitrogens is 1. The van der Waals surface area contributed by atoms with Gasteiger partial charge in [0.15, 0.2) is 11.4 Å². The van der Waals surface area contributed by atoms with E-state index in [1.54, 1.807) is 6.07 Å². The van der Waals surface area contributed by atoms with Gasteiger partial charge in [0.1, 0.15) is 5.56 Å². The molecule has 0 atom stereocenters. The molecule has 0 aliphatic rings. The third-order valence-corrected chi connectivity index (χ3v) is 3.15. The molecular weight excluding hydrogens is 230 g/mol. The number of carbonyl (C=O) groups excluding carboxylic acids is 1. The van der Waals surface area contributed by atoms with Gasteiger partial charge in [0.05, 0.1) is 11.2 Å². The highest BCUT2D eigenvalue weighted by molar-refractivity contribution is 6.02. The van der Waals surface area contributed by atoms with E-state index in [1.165, 1.54) is 6.92 Å². The van der Waals surface area contributed by atoms with Crippen LogP contribution in [0.1, 0.15) is 23.0 Å². The second kappa shape index (κ2) is 3.57. The lowest BCUT2D eigenvalue weighted by atomic mass is 10.1. The summed E-state index contributed by atoms with van der Waals surface area (Å²) in [7, 11) is 0. The molecule has 0 aromatic carbocycles. The molecule has 3 rings (SSSR count). The lowest BCUT2D eigenvalue weighted by molar-refractivity contribution is 0.101. The molecule has 0 fully saturated rings. The van der Waals surface area contributed by atoms with E-state index in [1.807, 2.05) is 35.7 Å². The van der Waals surface area contributed by atoms with Gasteiger partial charge in [-0.3, -0.25) is 4.79 Å². The van der Waals surface area contributed by atoms with E-state index in [2.05, 4.69) is 0 Å². The van der Waals surface area contributed by atoms with Gasteiger partial charge in [0.25, 0.3) is 0 Å². The molecule has 0 radical (unpaired) electrons. The average molecular weight is 241 g/mol. The molecule has 18 heavy (non-hydrogen) atoms. The molecule has 3 aromatic rings. The van der Waals surface area contributed by atoms with Crippen molar-refractivity contribution in [3.8, 4) is 0 Å². The molecule has 0 spiro atoms. The summed E-state index contributed by atoms with van der Waals surface area (Å²) >= 11 is 0. The highest BCUT2D eigenvalue weighted by Crippen LogP contribution is 2.25. The number of hydrogen-bond donors (Lipinski definition) is 0. The molecule has 4 heteroatoms. The number of aryl methyl sites for hydroxylation is 1. The van der Waals surface area contributed by atoms with Crippen LogP contribution < -0.4 is 5.63 Å². The fourth-order valence-electron chi connectivity index (χ4n) is 2.24. The maximum absolute atomic E-state index is 11.7. The number of pyridine rings is 1. The van der Waals surface area contributed by atoms with E-state index in [0.29, 0.717) is 5.58 Å². The third kappa shape index (κ3) is 1.32. The van der Waals surface area contributed by atoms with Gasteiger partial charge in [-0.15, -0.1) is 0 Å². The molecule has 0 N–H and O–H groups in total. The first-order valence-electron chi connectivity index (χ1n) is 5.64. The summed E-state index contributed by atoms with van der Waals surface area (Å²) in [6.45, 7) is 3.24. The number of ketones is 1. The Hall–Kier alpha value is -2.36. The zero-order chi connectivity index (χ0) is 12.9. The van der Waals surface area contributed by atoms with Crippen molar-refractivity contribution in [2.45, 2.75) is 13.8 Å². The topological polar surface area (TPSA) is 51.7 Å². The Morgan fingerprint density at radius 1 is 1.33 bits per heavy atom. The molecule has 0 bridgehead atoms. The molecule has 3 aromatic heterocycles. The minimum Gasteiger partial charge on any atom is -0.420 e. The van der Waals surface area contributed by atoms with Crippen LogP contribution in [0.2, 0.25) is 0 Å². The number of fused-ring (bicyclic) bond motifs is 3. The SMILES string of the molecule is CC(=O)c1cc2c(oc1=O)c(C)n1ccccc21. The van der Waals surface area contributed by atoms with Crippen molar-refractivity contribution >= 4 is 22.3 Å². The van der Waals surface area contributed by atoms with Gasteiger partial charge in [-0.25, -0.2) is 4.79 Å². The van der Waals surface area contributed by atoms with Gasteiger partial charge in [0, 0.05) is 11.6 Å². The van der Waals surface area contributed by atoms with E-state index in [4.69, 9.17) is 4.42 Å². The van der Waals surface area contributed by atoms with Crippen LogP contribution in [-0.4, -0.2) is 10.2 Å². The minimum absolute atomic E-state index is 0.0962. The molecule has 0 unspecified atom stereocenters. The first kappa shape index (κ1) is 10.8. The molecule has 0 aliphatic carbocycles. The largest absolute Gasteiger partial charge is 0.420 e. The van der Waals surface area contributed by atoms with Gasteiger partial charge in [-0.2, -0.15) is 0 Å². The molecule has 3 heterocycles. The standard InChI is InChI=1S/C14H11NO3/c1-8-13-11(12-5-3-4-6-15(8)12)7-10(9(2)16)14(17)18-13/h3-7H,1-2H3. The van der Waals surface area contributed by atoms with E-state index < -0.39 is 5.63 Å². The number of Topliss-reactive ketones (excluding diaryl/α,β-unsaturated/α-hetero) is 1. The van der Waals surface area contributed by atoms with Crippen molar-refractivity contribution in [1.82, 2.24) is 4.40 Å². The lowest BCUT2D eigenvalue weighted by Crippen LogP contribution is -2.10. The van der Waals surface area contributed by atoms with Crippen molar-refractivity contribution in [1.29, 1.82) is 0 Å². The van der Waals surface area contributed by atoms with Gasteiger partial charge in [0.2, 0.25) is 0 Å². The second-order valence-corrected chi connectivity index (χ2v) is 4.29. The van der Waals surface area contributed by atoms with Gasteiger partial charge in [-0.05, 0) is 32.0 Å². The van der Waals surface area contributed by atoms with Crippen molar-refractivity contribution in [2.75, 3.05) is 0 Å². The molecular formula is C14H11NO3. The Kier molecular flexibility index (Phi) is 2.13. The summed E-state index contributed by atoms with van der Waals surface area (Å²) in [5.41, 5.74) is 1.84. The fraction of sp³-hybridized carbons (Fsp3) is 0.143. The van der Waals surface area contributed by atoms with E-state index in [-0.39, 0.29) is 11.3 Å². The highest BCUT2D eigenvalue weighted by atomic mass is 16.4. The summed E-state index contributed by atoms with van der Waals surface area (Å²) in [6, 6.07) is 7.36. The monoisotopic (exact) mass is 241 g/mol. The third-order valence-electron chi connectivity index (χ3n) is 3.15. The van der Waals surface area contributed by atoms with Crippen LogP contribution in [0.15, 0.2) is 39.7 Å². The van der Waals surface area contributed by atoms with E-state index in [0.717, 1.165) is 16.6 Å². The zero-order valence-corrected chi connectivity index (χ0v) is 10.1. The van der Waals surface area contributed by atoms with E-state index >= 15 is 0 Å². The van der Waals surface area contributed by atoms with Crippen LogP contribution in [0.4, 0.5) is 0 Å². The predicted molar refractivity (Wildman–Crippen MR) is 68.2 cm³/mol. The highest BCUT2D eigenvalue weighted by Gasteiger charge is 2.15. The van der Waals surface area contributed by atoms with Crippen LogP contribution in [-0.2, 0) is 0 Å². The Bertz CT molecular complexity index is 839. The van der Waals surface area contributed by atoms with Crippen molar-refractivity contribution in [2.24, 2.45) is 0 Å². The summed E-state index contributed by atoms with van der Waals surface area (Å²) in [5.74, 6) is -0.279. The molecule has 0 saturated carbocycles. The van der Waals surface area contributed by atoms with Crippen molar-refractivity contribution < 1.29 is 9.21 Å². The number of nitrogens with zero attached hydrogens (tertiary/aromatic N) is 1. The van der Waals surface area contributed by atoms with E-state index in [9.17, 15) is 9.59 Å². The predicted octanol–water partition coefficient (Wildman–Crippen LogP) is 2.56.